The topological polar surface area (TPSA) is 85.2 Å². The van der Waals surface area contributed by atoms with Gasteiger partial charge in [0.1, 0.15) is 0 Å². The van der Waals surface area contributed by atoms with Crippen molar-refractivity contribution in [3.05, 3.63) is 90.1 Å². The zero-order valence-electron chi connectivity index (χ0n) is 18.3. The Balaban J connectivity index is 1.52. The summed E-state index contributed by atoms with van der Waals surface area (Å²) in [6.45, 7) is 4.48. The molecule has 8 heteroatoms. The number of pyridine rings is 2. The van der Waals surface area contributed by atoms with Gasteiger partial charge in [0, 0.05) is 0 Å². The van der Waals surface area contributed by atoms with Crippen LogP contribution in [0.3, 0.4) is 0 Å². The van der Waals surface area contributed by atoms with E-state index in [4.69, 9.17) is 10.2 Å². The van der Waals surface area contributed by atoms with Crippen molar-refractivity contribution in [2.75, 3.05) is 0 Å². The molecule has 4 heterocycles. The van der Waals surface area contributed by atoms with Gasteiger partial charge in [0.05, 0.1) is 0 Å². The van der Waals surface area contributed by atoms with E-state index in [9.17, 15) is 0 Å². The predicted molar refractivity (Wildman–Crippen MR) is 128 cm³/mol. The van der Waals surface area contributed by atoms with E-state index in [0.717, 1.165) is 23.1 Å². The van der Waals surface area contributed by atoms with Crippen molar-refractivity contribution < 1.29 is 0 Å². The maximum atomic E-state index is 9.13. The average molecular weight is 494 g/mol. The van der Waals surface area contributed by atoms with Crippen LogP contribution in [-0.2, 0) is 6.42 Å². The van der Waals surface area contributed by atoms with Crippen molar-refractivity contribution in [2.45, 2.75) is 25.0 Å². The third kappa shape index (κ3) is 4.43. The summed E-state index contributed by atoms with van der Waals surface area (Å²) in [4.78, 5) is 9.13. The van der Waals surface area contributed by atoms with Gasteiger partial charge in [-0.15, -0.1) is 0 Å². The minimum atomic E-state index is -0.102. The first-order chi connectivity index (χ1) is 16.1. The van der Waals surface area contributed by atoms with Crippen molar-refractivity contribution in [3.8, 4) is 17.6 Å². The van der Waals surface area contributed by atoms with Crippen LogP contribution in [0.2, 0.25) is 4.71 Å². The second-order valence-electron chi connectivity index (χ2n) is 8.01. The fourth-order valence-electron chi connectivity index (χ4n) is 3.67. The quantitative estimate of drug-likeness (QED) is 0.337. The Labute approximate surface area is 198 Å². The Morgan fingerprint density at radius 1 is 0.970 bits per heavy atom. The van der Waals surface area contributed by atoms with E-state index >= 15 is 0 Å². The molecule has 0 atom stereocenters. The number of rotatable bonds is 6. The molecule has 161 valence electrons. The van der Waals surface area contributed by atoms with E-state index in [1.165, 1.54) is 9.91 Å². The van der Waals surface area contributed by atoms with Crippen LogP contribution in [0.5, 0.6) is 0 Å². The van der Waals surface area contributed by atoms with E-state index in [0.29, 0.717) is 21.7 Å². The predicted octanol–water partition coefficient (Wildman–Crippen LogP) is 3.62. The average Bonchev–Trinajstić information content (AvgIpc) is 3.46. The molecule has 0 fully saturated rings. The maximum absolute atomic E-state index is 9.13. The van der Waals surface area contributed by atoms with E-state index < -0.39 is 0 Å². The fraction of sp³-hybridized carbons (Fsp3) is 0.160. The molecule has 0 aliphatic carbocycles. The van der Waals surface area contributed by atoms with Gasteiger partial charge in [-0.2, -0.15) is 0 Å². The summed E-state index contributed by atoms with van der Waals surface area (Å²) in [5, 5.41) is 19.1. The first-order valence-electron chi connectivity index (χ1n) is 10.6. The van der Waals surface area contributed by atoms with Crippen molar-refractivity contribution in [1.82, 2.24) is 29.5 Å². The number of fused-ring (bicyclic) bond motifs is 1. The molecular weight excluding hydrogens is 473 g/mol. The van der Waals surface area contributed by atoms with Crippen LogP contribution in [0.25, 0.3) is 22.5 Å². The van der Waals surface area contributed by atoms with Gasteiger partial charge < -0.3 is 0 Å². The molecule has 5 rings (SSSR count). The molecule has 4 aromatic heterocycles. The van der Waals surface area contributed by atoms with E-state index in [1.807, 2.05) is 23.1 Å². The molecule has 5 aromatic rings. The van der Waals surface area contributed by atoms with Crippen molar-refractivity contribution in [3.63, 3.8) is 0 Å². The second-order valence-corrected chi connectivity index (χ2v) is 11.7. The summed E-state index contributed by atoms with van der Waals surface area (Å²) in [5.41, 5.74) is 4.62. The van der Waals surface area contributed by atoms with Crippen LogP contribution in [0, 0.1) is 11.3 Å². The summed E-state index contributed by atoms with van der Waals surface area (Å²) in [7, 11) is 0. The van der Waals surface area contributed by atoms with Gasteiger partial charge in [0.2, 0.25) is 0 Å². The van der Waals surface area contributed by atoms with Gasteiger partial charge in [-0.1, -0.05) is 0 Å². The van der Waals surface area contributed by atoms with Gasteiger partial charge in [0.25, 0.3) is 0 Å². The van der Waals surface area contributed by atoms with Crippen LogP contribution in [0.1, 0.15) is 30.5 Å². The minimum absolute atomic E-state index is 0.102. The van der Waals surface area contributed by atoms with Crippen molar-refractivity contribution in [1.29, 1.82) is 5.26 Å². The van der Waals surface area contributed by atoms with Gasteiger partial charge >= 0.3 is 199 Å². The molecule has 0 N–H and O–H groups in total. The summed E-state index contributed by atoms with van der Waals surface area (Å²) >= 11 is -0.102. The molecule has 1 radical (unpaired) electrons. The Bertz CT molecular complexity index is 1460. The summed E-state index contributed by atoms with van der Waals surface area (Å²) < 4.78 is 5.45. The van der Waals surface area contributed by atoms with Gasteiger partial charge in [-0.25, -0.2) is 0 Å². The Morgan fingerprint density at radius 2 is 1.82 bits per heavy atom. The third-order valence-electron chi connectivity index (χ3n) is 5.13. The number of nitriles is 1. The monoisotopic (exact) mass is 494 g/mol. The number of nitrogens with zero attached hydrogens (tertiary/aromatic N) is 7. The van der Waals surface area contributed by atoms with Gasteiger partial charge in [-0.05, 0) is 0 Å². The first kappa shape index (κ1) is 21.1. The van der Waals surface area contributed by atoms with Crippen LogP contribution >= 0.6 is 0 Å². The molecule has 0 amide bonds. The normalized spacial score (nSPS) is 11.6. The van der Waals surface area contributed by atoms with Crippen molar-refractivity contribution in [2.24, 2.45) is 0 Å². The molecule has 1 aromatic carbocycles. The van der Waals surface area contributed by atoms with Gasteiger partial charge in [0.15, 0.2) is 0 Å². The van der Waals surface area contributed by atoms with E-state index in [-0.39, 0.29) is 15.8 Å². The van der Waals surface area contributed by atoms with E-state index in [2.05, 4.69) is 71.6 Å². The molecule has 0 aliphatic rings. The van der Waals surface area contributed by atoms with Gasteiger partial charge in [-0.3, -0.25) is 0 Å². The SMILES string of the molecule is CC(C)[As]c1cc(-n2ncc3cc(C#N)cnc32)ncc1-n1cc(Cc2ccccc2)cn1. The number of hydrogen-bond acceptors (Lipinski definition) is 5. The second kappa shape index (κ2) is 9.01. The van der Waals surface area contributed by atoms with Crippen LogP contribution < -0.4 is 4.35 Å². The van der Waals surface area contributed by atoms with Crippen LogP contribution in [0.4, 0.5) is 0 Å². The Kier molecular flexibility index (Phi) is 5.76. The van der Waals surface area contributed by atoms with Crippen LogP contribution in [0.15, 0.2) is 73.4 Å². The fourth-order valence-corrected chi connectivity index (χ4v) is 5.84. The molecule has 7 nitrogen and oxygen atoms in total. The number of hydrogen-bond donors (Lipinski definition) is 0. The van der Waals surface area contributed by atoms with Crippen molar-refractivity contribution >= 4 is 31.1 Å². The molecule has 0 aliphatic heterocycles. The zero-order valence-corrected chi connectivity index (χ0v) is 20.2. The summed E-state index contributed by atoms with van der Waals surface area (Å²) in [5.74, 6) is 0.716. The Morgan fingerprint density at radius 3 is 2.61 bits per heavy atom. The number of aromatic nitrogens is 6. The standard InChI is InChI=1S/C25H21AsN7/c1-17(2)26-22-10-24(33-25-21(14-31-33)9-19(11-27)12-29-25)28-15-23(22)32-16-20(13-30-32)8-18-6-4-3-5-7-18/h3-7,9-10,12-17H,8H2,1-2H3. The molecule has 0 saturated heterocycles. The summed E-state index contributed by atoms with van der Waals surface area (Å²) in [6, 6.07) is 16.4. The zero-order chi connectivity index (χ0) is 22.8. The summed E-state index contributed by atoms with van der Waals surface area (Å²) in [6.07, 6.45) is 10.0. The Hall–Kier alpha value is -3.75. The molecule has 0 bridgehead atoms. The third-order valence-corrected chi connectivity index (χ3v) is 7.55. The molecule has 0 unspecified atom stereocenters. The molecule has 0 spiro atoms. The first-order valence-corrected chi connectivity index (χ1v) is 12.7. The van der Waals surface area contributed by atoms with E-state index in [1.54, 1.807) is 23.1 Å². The molecular formula is C25H21AsN7. The molecule has 33 heavy (non-hydrogen) atoms. The molecule has 0 saturated carbocycles. The number of benzene rings is 1. The van der Waals surface area contributed by atoms with Crippen LogP contribution in [-0.4, -0.2) is 45.3 Å².